The average Bonchev–Trinajstić information content (AvgIpc) is 1.38. The van der Waals surface area contributed by atoms with Crippen molar-refractivity contribution in [3.05, 3.63) is 0 Å². The summed E-state index contributed by atoms with van der Waals surface area (Å²) in [7, 11) is 0. The first-order valence-electron chi connectivity index (χ1n) is 1.59. The molecule has 0 fully saturated rings. The van der Waals surface area contributed by atoms with E-state index in [0.717, 1.165) is 0 Å². The van der Waals surface area contributed by atoms with Gasteiger partial charge in [-0.15, -0.1) is 0 Å². The molecule has 0 aromatic heterocycles. The van der Waals surface area contributed by atoms with E-state index >= 15 is 0 Å². The summed E-state index contributed by atoms with van der Waals surface area (Å²) in [5.41, 5.74) is 0. The van der Waals surface area contributed by atoms with Crippen LogP contribution in [0.2, 0.25) is 0 Å². The fourth-order valence-electron chi connectivity index (χ4n) is 0. The maximum absolute atomic E-state index is 4.75. The van der Waals surface area contributed by atoms with Gasteiger partial charge in [-0.1, -0.05) is 0 Å². The number of rotatable bonds is 1. The Morgan fingerprint density at radius 1 is 1.60 bits per heavy atom. The summed E-state index contributed by atoms with van der Waals surface area (Å²) in [5, 5.41) is 0. The van der Waals surface area contributed by atoms with Gasteiger partial charge in [-0.2, -0.15) is 0 Å². The van der Waals surface area contributed by atoms with Crippen molar-refractivity contribution in [2.24, 2.45) is 0 Å². The minimum absolute atomic E-state index is 0.384. The first kappa shape index (κ1) is 5.50. The van der Waals surface area contributed by atoms with Gasteiger partial charge in [0, 0.05) is 0 Å². The molecule has 0 N–H and O–H groups in total. The Kier molecular flexibility index (Phi) is 3.00. The normalized spacial score (nSPS) is 9.60. The van der Waals surface area contributed by atoms with Gasteiger partial charge in [-0.3, -0.25) is 0 Å². The quantitative estimate of drug-likeness (QED) is 0.471. The molecule has 3 radical (unpaired) electrons. The van der Waals surface area contributed by atoms with E-state index < -0.39 is 0 Å². The molecule has 0 atom stereocenters. The van der Waals surface area contributed by atoms with Crippen LogP contribution in [0.25, 0.3) is 0 Å². The van der Waals surface area contributed by atoms with Gasteiger partial charge in [-0.25, -0.2) is 0 Å². The predicted molar refractivity (Wildman–Crippen MR) is 22.0 cm³/mol. The SMILES string of the molecule is CC(C)[O][Ge]. The molecule has 0 saturated carbocycles. The molecule has 0 heterocycles. The zero-order valence-corrected chi connectivity index (χ0v) is 5.58. The van der Waals surface area contributed by atoms with Gasteiger partial charge < -0.3 is 0 Å². The molecule has 0 amide bonds. The predicted octanol–water partition coefficient (Wildman–Crippen LogP) is 0.495. The molecule has 29 valence electrons. The van der Waals surface area contributed by atoms with Crippen molar-refractivity contribution >= 4 is 16.9 Å². The summed E-state index contributed by atoms with van der Waals surface area (Å²) in [6, 6.07) is 0. The molecule has 2 heteroatoms. The monoisotopic (exact) mass is 133 g/mol. The van der Waals surface area contributed by atoms with Crippen LogP contribution in [-0.4, -0.2) is 23.0 Å². The van der Waals surface area contributed by atoms with Crippen molar-refractivity contribution in [2.45, 2.75) is 20.0 Å². The van der Waals surface area contributed by atoms with Crippen LogP contribution in [0.4, 0.5) is 0 Å². The van der Waals surface area contributed by atoms with E-state index in [2.05, 4.69) is 0 Å². The van der Waals surface area contributed by atoms with Crippen LogP contribution < -0.4 is 0 Å². The third kappa shape index (κ3) is 4.50. The average molecular weight is 132 g/mol. The molecule has 0 bridgehead atoms. The molecule has 0 aliphatic heterocycles. The van der Waals surface area contributed by atoms with Crippen LogP contribution >= 0.6 is 0 Å². The Labute approximate surface area is 41.3 Å². The van der Waals surface area contributed by atoms with Crippen molar-refractivity contribution in [3.8, 4) is 0 Å². The zero-order chi connectivity index (χ0) is 4.28. The van der Waals surface area contributed by atoms with E-state index in [1.165, 1.54) is 0 Å². The van der Waals surface area contributed by atoms with E-state index in [-0.39, 0.29) is 0 Å². The molecule has 0 aliphatic rings. The Balaban J connectivity index is 2.54. The number of hydrogen-bond acceptors (Lipinski definition) is 1. The maximum atomic E-state index is 4.75. The molecule has 0 aromatic rings. The summed E-state index contributed by atoms with van der Waals surface area (Å²) < 4.78 is 4.75. The molecule has 0 unspecified atom stereocenters. The standard InChI is InChI=1S/C3H7GeO/c1-3(2)5-4/h3H,1-2H3. The molecule has 0 saturated heterocycles. The van der Waals surface area contributed by atoms with Crippen molar-refractivity contribution < 1.29 is 3.76 Å². The summed E-state index contributed by atoms with van der Waals surface area (Å²) in [6.07, 6.45) is 0.384. The Bertz CT molecular complexity index is 20.9. The van der Waals surface area contributed by atoms with Gasteiger partial charge in [0.2, 0.25) is 0 Å². The zero-order valence-electron chi connectivity index (χ0n) is 3.49. The molecule has 0 spiro atoms. The molecular weight excluding hydrogens is 125 g/mol. The van der Waals surface area contributed by atoms with Gasteiger partial charge in [0.15, 0.2) is 0 Å². The van der Waals surface area contributed by atoms with E-state index in [1.807, 2.05) is 13.8 Å². The molecule has 1 nitrogen and oxygen atoms in total. The van der Waals surface area contributed by atoms with Crippen molar-refractivity contribution in [1.29, 1.82) is 0 Å². The summed E-state index contributed by atoms with van der Waals surface area (Å²) in [6.45, 7) is 4.00. The van der Waals surface area contributed by atoms with Gasteiger partial charge in [-0.05, 0) is 0 Å². The van der Waals surface area contributed by atoms with Crippen molar-refractivity contribution in [2.75, 3.05) is 0 Å². The van der Waals surface area contributed by atoms with Crippen LogP contribution in [0, 0.1) is 0 Å². The molecule has 0 rings (SSSR count). The van der Waals surface area contributed by atoms with Gasteiger partial charge in [0.1, 0.15) is 0 Å². The number of hydrogen-bond donors (Lipinski definition) is 0. The van der Waals surface area contributed by atoms with Crippen molar-refractivity contribution in [3.63, 3.8) is 0 Å². The second kappa shape index (κ2) is 2.72. The van der Waals surface area contributed by atoms with Crippen LogP contribution in [0.15, 0.2) is 0 Å². The molecule has 0 aromatic carbocycles. The fourth-order valence-corrected chi connectivity index (χ4v) is 0. The van der Waals surface area contributed by atoms with Gasteiger partial charge in [0.05, 0.1) is 0 Å². The first-order chi connectivity index (χ1) is 2.27. The van der Waals surface area contributed by atoms with Crippen LogP contribution in [0.3, 0.4) is 0 Å². The summed E-state index contributed by atoms with van der Waals surface area (Å²) in [5.74, 6) is 0. The van der Waals surface area contributed by atoms with E-state index in [4.69, 9.17) is 3.76 Å². The Morgan fingerprint density at radius 3 is 1.80 bits per heavy atom. The Hall–Kier alpha value is 0.503. The topological polar surface area (TPSA) is 9.23 Å². The fraction of sp³-hybridized carbons (Fsp3) is 1.00. The van der Waals surface area contributed by atoms with E-state index in [0.29, 0.717) is 6.10 Å². The van der Waals surface area contributed by atoms with Gasteiger partial charge in [0.25, 0.3) is 0 Å². The van der Waals surface area contributed by atoms with Gasteiger partial charge >= 0.3 is 40.6 Å². The first-order valence-corrected chi connectivity index (χ1v) is 2.45. The van der Waals surface area contributed by atoms with E-state index in [9.17, 15) is 0 Å². The third-order valence-corrected chi connectivity index (χ3v) is 1.22. The van der Waals surface area contributed by atoms with Crippen LogP contribution in [0.5, 0.6) is 0 Å². The minimum atomic E-state index is 0.384. The molecular formula is C3H7GeO. The van der Waals surface area contributed by atoms with Crippen molar-refractivity contribution in [1.82, 2.24) is 0 Å². The third-order valence-electron chi connectivity index (χ3n) is 0.236. The Morgan fingerprint density at radius 2 is 1.80 bits per heavy atom. The van der Waals surface area contributed by atoms with E-state index in [1.54, 1.807) is 16.9 Å². The second-order valence-electron chi connectivity index (χ2n) is 1.17. The van der Waals surface area contributed by atoms with Crippen LogP contribution in [-0.2, 0) is 3.76 Å². The summed E-state index contributed by atoms with van der Waals surface area (Å²) >= 11 is 1.70. The molecule has 5 heavy (non-hydrogen) atoms. The van der Waals surface area contributed by atoms with Crippen LogP contribution in [0.1, 0.15) is 13.8 Å². The molecule has 0 aliphatic carbocycles. The summed E-state index contributed by atoms with van der Waals surface area (Å²) in [4.78, 5) is 0. The second-order valence-corrected chi connectivity index (χ2v) is 1.66.